The molecule has 1 aromatic rings. The van der Waals surface area contributed by atoms with E-state index in [4.69, 9.17) is 4.74 Å². The lowest BCUT2D eigenvalue weighted by Gasteiger charge is -2.60. The maximum atomic E-state index is 13.8. The lowest BCUT2D eigenvalue weighted by atomic mass is 9.53. The molecule has 1 N–H and O–H groups in total. The number of hydrogen-bond donors (Lipinski definition) is 1. The first-order valence-corrected chi connectivity index (χ1v) is 7.93. The van der Waals surface area contributed by atoms with E-state index in [1.165, 1.54) is 0 Å². The Bertz CT molecular complexity index is 731. The van der Waals surface area contributed by atoms with Crippen molar-refractivity contribution in [1.82, 2.24) is 5.32 Å². The van der Waals surface area contributed by atoms with E-state index < -0.39 is 40.9 Å². The second-order valence-corrected chi connectivity index (χ2v) is 6.89. The predicted molar refractivity (Wildman–Crippen MR) is 76.0 cm³/mol. The van der Waals surface area contributed by atoms with Crippen molar-refractivity contribution in [2.45, 2.75) is 31.0 Å². The van der Waals surface area contributed by atoms with Crippen LogP contribution >= 0.6 is 0 Å². The molecule has 0 amide bonds. The quantitative estimate of drug-likeness (QED) is 0.766. The second kappa shape index (κ2) is 6.54. The lowest BCUT2D eigenvalue weighted by Crippen LogP contribution is -2.75. The summed E-state index contributed by atoms with van der Waals surface area (Å²) in [5.74, 6) is -8.12. The fourth-order valence-electron chi connectivity index (χ4n) is 3.76. The monoisotopic (exact) mass is 401 g/mol. The molecule has 1 unspecified atom stereocenters. The van der Waals surface area contributed by atoms with Crippen LogP contribution in [0.4, 0.5) is 30.9 Å². The van der Waals surface area contributed by atoms with Gasteiger partial charge in [-0.05, 0) is 37.0 Å². The van der Waals surface area contributed by atoms with Crippen LogP contribution in [0.3, 0.4) is 0 Å². The van der Waals surface area contributed by atoms with E-state index >= 15 is 0 Å². The number of carbonyl (C=O) groups excluding carboxylic acids is 1. The van der Waals surface area contributed by atoms with Crippen LogP contribution in [0.2, 0.25) is 0 Å². The van der Waals surface area contributed by atoms with Crippen LogP contribution in [0.15, 0.2) is 18.2 Å². The largest absolute Gasteiger partial charge is 0.490 e. The van der Waals surface area contributed by atoms with Crippen molar-refractivity contribution in [3.8, 4) is 5.75 Å². The summed E-state index contributed by atoms with van der Waals surface area (Å²) in [5, 5.41) is 2.39. The molecule has 1 aliphatic heterocycles. The Morgan fingerprint density at radius 3 is 2.37 bits per heavy atom. The molecule has 11 heteroatoms. The highest BCUT2D eigenvalue weighted by Crippen LogP contribution is 2.56. The van der Waals surface area contributed by atoms with Gasteiger partial charge in [-0.15, -0.1) is 0 Å². The third-order valence-electron chi connectivity index (χ3n) is 5.10. The molecule has 1 atom stereocenters. The molecule has 4 nitrogen and oxygen atoms in total. The molecule has 1 saturated carbocycles. The number of rotatable bonds is 5. The number of ether oxygens (including phenoxy) is 1. The minimum Gasteiger partial charge on any atom is -0.490 e. The summed E-state index contributed by atoms with van der Waals surface area (Å²) in [4.78, 5) is 13.5. The van der Waals surface area contributed by atoms with Crippen molar-refractivity contribution in [2.75, 3.05) is 13.2 Å². The molecule has 150 valence electrons. The normalized spacial score (nSPS) is 27.7. The zero-order valence-corrected chi connectivity index (χ0v) is 13.6. The topological polar surface area (TPSA) is 47.6 Å². The average Bonchev–Trinajstić information content (AvgIpc) is 2.51. The number of halogens is 7. The summed E-state index contributed by atoms with van der Waals surface area (Å²) >= 11 is 0. The molecule has 3 rings (SSSR count). The predicted octanol–water partition coefficient (Wildman–Crippen LogP) is 3.65. The zero-order valence-electron chi connectivity index (χ0n) is 13.6. The van der Waals surface area contributed by atoms with Crippen LogP contribution in [0, 0.1) is 17.2 Å². The molecule has 1 heterocycles. The second-order valence-electron chi connectivity index (χ2n) is 6.89. The number of nitrogens with one attached hydrogen (secondary N) is 1. The first-order valence-electron chi connectivity index (χ1n) is 7.93. The van der Waals surface area contributed by atoms with Gasteiger partial charge >= 0.3 is 18.1 Å². The van der Waals surface area contributed by atoms with Gasteiger partial charge in [0.25, 0.3) is 0 Å². The Kier molecular flexibility index (Phi) is 4.77. The van der Waals surface area contributed by atoms with E-state index in [1.807, 2.05) is 0 Å². The minimum absolute atomic E-state index is 0.0874. The van der Waals surface area contributed by atoms with E-state index in [9.17, 15) is 35.7 Å². The van der Waals surface area contributed by atoms with E-state index in [2.05, 4.69) is 10.3 Å². The molecule has 27 heavy (non-hydrogen) atoms. The van der Waals surface area contributed by atoms with E-state index in [0.29, 0.717) is 12.1 Å². The minimum atomic E-state index is -4.68. The van der Waals surface area contributed by atoms with Gasteiger partial charge < -0.3 is 10.1 Å². The number of alkyl halides is 5. The molecule has 0 bridgehead atoms. The van der Waals surface area contributed by atoms with Crippen LogP contribution in [0.5, 0.6) is 5.75 Å². The van der Waals surface area contributed by atoms with Crippen molar-refractivity contribution in [2.24, 2.45) is 11.3 Å². The van der Waals surface area contributed by atoms with Crippen LogP contribution in [0.25, 0.3) is 0 Å². The van der Waals surface area contributed by atoms with Crippen molar-refractivity contribution in [3.05, 3.63) is 29.6 Å². The van der Waals surface area contributed by atoms with Crippen LogP contribution in [-0.2, 0) is 15.9 Å². The van der Waals surface area contributed by atoms with Gasteiger partial charge in [-0.1, -0.05) is 0 Å². The summed E-state index contributed by atoms with van der Waals surface area (Å²) in [7, 11) is 0. The van der Waals surface area contributed by atoms with Gasteiger partial charge in [0, 0.05) is 16.5 Å². The Labute approximate surface area is 148 Å². The van der Waals surface area contributed by atoms with Crippen molar-refractivity contribution in [1.29, 1.82) is 0 Å². The summed E-state index contributed by atoms with van der Waals surface area (Å²) in [6.07, 6.45) is -4.26. The van der Waals surface area contributed by atoms with E-state index in [-0.39, 0.29) is 37.7 Å². The number of hydrogen-bond acceptors (Lipinski definition) is 4. The van der Waals surface area contributed by atoms with Crippen molar-refractivity contribution < 1.29 is 45.3 Å². The molecule has 2 aliphatic rings. The molecular formula is C16H14F7NO3. The number of carbonyl (C=O) groups is 1. The molecule has 1 aromatic carbocycles. The van der Waals surface area contributed by atoms with Gasteiger partial charge in [-0.25, -0.2) is 14.1 Å². The Morgan fingerprint density at radius 2 is 1.89 bits per heavy atom. The van der Waals surface area contributed by atoms with E-state index in [1.54, 1.807) is 0 Å². The van der Waals surface area contributed by atoms with Gasteiger partial charge in [0.2, 0.25) is 0 Å². The summed E-state index contributed by atoms with van der Waals surface area (Å²) in [6, 6.07) is 0.265. The van der Waals surface area contributed by atoms with Gasteiger partial charge in [0.1, 0.15) is 0 Å². The van der Waals surface area contributed by atoms with Gasteiger partial charge in [0.15, 0.2) is 11.6 Å². The fourth-order valence-corrected chi connectivity index (χ4v) is 3.76. The maximum Gasteiger partial charge on any atom is 0.419 e. The summed E-state index contributed by atoms with van der Waals surface area (Å²) < 4.78 is 95.8. The Balaban J connectivity index is 1.55. The molecular weight excluding hydrogens is 387 g/mol. The first kappa shape index (κ1) is 19.7. The third kappa shape index (κ3) is 3.44. The Hall–Kier alpha value is -2.04. The number of benzene rings is 1. The third-order valence-corrected chi connectivity index (χ3v) is 5.10. The lowest BCUT2D eigenvalue weighted by molar-refractivity contribution is -0.234. The molecule has 1 spiro atoms. The fraction of sp³-hybridized carbons (Fsp3) is 0.562. The smallest absolute Gasteiger partial charge is 0.419 e. The van der Waals surface area contributed by atoms with Gasteiger partial charge in [-0.2, -0.15) is 22.0 Å². The van der Waals surface area contributed by atoms with Crippen molar-refractivity contribution in [3.63, 3.8) is 0 Å². The molecule has 2 fully saturated rings. The van der Waals surface area contributed by atoms with Crippen LogP contribution in [0.1, 0.15) is 18.4 Å². The van der Waals surface area contributed by atoms with Crippen molar-refractivity contribution >= 4 is 5.97 Å². The summed E-state index contributed by atoms with van der Waals surface area (Å²) in [6.45, 7) is 0.105. The first-order chi connectivity index (χ1) is 12.5. The van der Waals surface area contributed by atoms with E-state index in [0.717, 1.165) is 6.07 Å². The molecule has 1 aliphatic carbocycles. The zero-order chi connectivity index (χ0) is 20.0. The van der Waals surface area contributed by atoms with Crippen LogP contribution < -0.4 is 10.1 Å². The highest BCUT2D eigenvalue weighted by atomic mass is 19.4. The molecule has 1 saturated heterocycles. The standard InChI is InChI=1S/C16H14F7NO3/c17-10-3-9(16(20,21)22)1-2-11(10)26-6-8-4-14(5-8)7-24-12(14)15(18,19)13(25)27-23/h1-3,8,12,24H,4-7H2. The highest BCUT2D eigenvalue weighted by molar-refractivity contribution is 5.78. The van der Waals surface area contributed by atoms with Gasteiger partial charge in [-0.3, -0.25) is 0 Å². The molecule has 0 radical (unpaired) electrons. The highest BCUT2D eigenvalue weighted by Gasteiger charge is 2.67. The molecule has 0 aromatic heterocycles. The SMILES string of the molecule is O=C(OF)C(F)(F)C1NCC12CC(COc1ccc(C(F)(F)F)cc1F)C2. The van der Waals surface area contributed by atoms with Gasteiger partial charge in [0.05, 0.1) is 18.2 Å². The van der Waals surface area contributed by atoms with Crippen LogP contribution in [-0.4, -0.2) is 31.1 Å². The average molecular weight is 401 g/mol. The Morgan fingerprint density at radius 1 is 1.22 bits per heavy atom. The maximum absolute atomic E-state index is 13.8. The summed E-state index contributed by atoms with van der Waals surface area (Å²) in [5.41, 5.74) is -2.08.